The summed E-state index contributed by atoms with van der Waals surface area (Å²) in [5.41, 5.74) is 0. The normalized spacial score (nSPS) is 17.9. The van der Waals surface area contributed by atoms with Crippen molar-refractivity contribution < 1.29 is 26.3 Å². The van der Waals surface area contributed by atoms with Crippen LogP contribution in [0.5, 0.6) is 5.75 Å². The number of alkyl halides is 3. The van der Waals surface area contributed by atoms with E-state index in [9.17, 15) is 21.6 Å². The molecule has 1 saturated heterocycles. The summed E-state index contributed by atoms with van der Waals surface area (Å²) >= 11 is 0. The van der Waals surface area contributed by atoms with Crippen molar-refractivity contribution in [3.05, 3.63) is 24.3 Å². The van der Waals surface area contributed by atoms with Crippen LogP contribution in [0.25, 0.3) is 0 Å². The van der Waals surface area contributed by atoms with Gasteiger partial charge in [0.25, 0.3) is 0 Å². The molecule has 0 aliphatic carbocycles. The van der Waals surface area contributed by atoms with E-state index in [1.807, 2.05) is 4.90 Å². The van der Waals surface area contributed by atoms with Gasteiger partial charge in [0.05, 0.1) is 11.4 Å². The van der Waals surface area contributed by atoms with E-state index in [4.69, 9.17) is 4.74 Å². The molecule has 1 unspecified atom stereocenters. The summed E-state index contributed by atoms with van der Waals surface area (Å²) in [6, 6.07) is 4.69. The zero-order valence-corrected chi connectivity index (χ0v) is 17.6. The van der Waals surface area contributed by atoms with Gasteiger partial charge >= 0.3 is 6.18 Å². The molecule has 1 aromatic rings. The lowest BCUT2D eigenvalue weighted by Crippen LogP contribution is -2.57. The van der Waals surface area contributed by atoms with Gasteiger partial charge in [0, 0.05) is 39.5 Å². The monoisotopic (exact) mass is 436 g/mol. The topological polar surface area (TPSA) is 74.2 Å². The van der Waals surface area contributed by atoms with Gasteiger partial charge in [-0.1, -0.05) is 0 Å². The minimum Gasteiger partial charge on any atom is -0.492 e. The molecule has 1 heterocycles. The maximum Gasteiger partial charge on any atom is 0.403 e. The number of hydrogen-bond acceptors (Lipinski definition) is 5. The Bertz CT molecular complexity index is 790. The summed E-state index contributed by atoms with van der Waals surface area (Å²) in [5.74, 6) is 1.16. The van der Waals surface area contributed by atoms with E-state index in [0.29, 0.717) is 51.0 Å². The van der Waals surface area contributed by atoms with Crippen LogP contribution < -0.4 is 10.1 Å². The molecule has 0 saturated carbocycles. The molecule has 29 heavy (non-hydrogen) atoms. The number of nitrogens with one attached hydrogen (secondary N) is 1. The molecule has 0 aromatic heterocycles. The Balaban J connectivity index is 1.76. The second kappa shape index (κ2) is 9.66. The van der Waals surface area contributed by atoms with Gasteiger partial charge in [-0.25, -0.2) is 8.42 Å². The molecule has 1 fully saturated rings. The Hall–Kier alpha value is -2.01. The van der Waals surface area contributed by atoms with Gasteiger partial charge in [0.1, 0.15) is 18.4 Å². The first-order valence-electron chi connectivity index (χ1n) is 9.21. The van der Waals surface area contributed by atoms with Crippen LogP contribution in [0.2, 0.25) is 0 Å². The fourth-order valence-electron chi connectivity index (χ4n) is 2.98. The van der Waals surface area contributed by atoms with Crippen LogP contribution in [0, 0.1) is 0 Å². The van der Waals surface area contributed by atoms with Gasteiger partial charge < -0.3 is 15.0 Å². The van der Waals surface area contributed by atoms with E-state index in [0.717, 1.165) is 6.26 Å². The number of ether oxygens (including phenoxy) is 1. The van der Waals surface area contributed by atoms with Gasteiger partial charge in [0.2, 0.25) is 0 Å². The lowest BCUT2D eigenvalue weighted by atomic mass is 10.2. The first-order valence-corrected chi connectivity index (χ1v) is 11.1. The van der Waals surface area contributed by atoms with E-state index < -0.39 is 22.1 Å². The molecule has 164 valence electrons. The summed E-state index contributed by atoms with van der Waals surface area (Å²) in [6.07, 6.45) is -3.08. The summed E-state index contributed by atoms with van der Waals surface area (Å²) in [5, 5.41) is 3.13. The first-order chi connectivity index (χ1) is 13.5. The lowest BCUT2D eigenvalue weighted by Gasteiger charge is -2.39. The van der Waals surface area contributed by atoms with Crippen molar-refractivity contribution in [2.45, 2.75) is 24.0 Å². The number of sulfone groups is 1. The minimum atomic E-state index is -4.22. The van der Waals surface area contributed by atoms with Crippen molar-refractivity contribution in [2.75, 3.05) is 52.6 Å². The molecule has 1 aromatic carbocycles. The fraction of sp³-hybridized carbons (Fsp3) is 0.611. The number of aliphatic imine (C=N–C) groups is 1. The largest absolute Gasteiger partial charge is 0.492 e. The fourth-order valence-corrected chi connectivity index (χ4v) is 3.61. The summed E-state index contributed by atoms with van der Waals surface area (Å²) in [7, 11) is -1.62. The van der Waals surface area contributed by atoms with E-state index >= 15 is 0 Å². The lowest BCUT2D eigenvalue weighted by molar-refractivity contribution is -0.181. The van der Waals surface area contributed by atoms with Crippen molar-refractivity contribution in [3.8, 4) is 5.75 Å². The number of nitrogens with zero attached hydrogens (tertiary/aromatic N) is 3. The van der Waals surface area contributed by atoms with Gasteiger partial charge in [-0.2, -0.15) is 13.2 Å². The third-order valence-electron chi connectivity index (χ3n) is 4.75. The van der Waals surface area contributed by atoms with Crippen LogP contribution in [-0.2, 0) is 9.84 Å². The molecule has 11 heteroatoms. The number of piperazine rings is 1. The highest BCUT2D eigenvalue weighted by Crippen LogP contribution is 2.25. The van der Waals surface area contributed by atoms with Gasteiger partial charge in [-0.05, 0) is 31.2 Å². The summed E-state index contributed by atoms with van der Waals surface area (Å²) < 4.78 is 67.0. The van der Waals surface area contributed by atoms with Crippen molar-refractivity contribution >= 4 is 15.8 Å². The summed E-state index contributed by atoms with van der Waals surface area (Å²) in [4.78, 5) is 7.75. The highest BCUT2D eigenvalue weighted by Gasteiger charge is 2.41. The van der Waals surface area contributed by atoms with E-state index in [-0.39, 0.29) is 4.90 Å². The predicted molar refractivity (Wildman–Crippen MR) is 105 cm³/mol. The molecule has 1 aliphatic heterocycles. The van der Waals surface area contributed by atoms with Crippen molar-refractivity contribution in [1.29, 1.82) is 0 Å². The maximum atomic E-state index is 12.8. The SMILES string of the molecule is CN=C(NCCOc1ccc(S(C)(=O)=O)cc1)N1CCN(C(C)C(F)(F)F)CC1. The predicted octanol–water partition coefficient (Wildman–Crippen LogP) is 1.61. The molecule has 1 N–H and O–H groups in total. The standard InChI is InChI=1S/C18H27F3N4O3S/c1-14(18(19,20)21)24-9-11-25(12-10-24)17(22-2)23-8-13-28-15-4-6-16(7-5-15)29(3,26)27/h4-7,14H,8-13H2,1-3H3,(H,22,23). The van der Waals surface area contributed by atoms with Gasteiger partial charge in [-0.15, -0.1) is 0 Å². The molecule has 7 nitrogen and oxygen atoms in total. The smallest absolute Gasteiger partial charge is 0.403 e. The molecule has 0 spiro atoms. The Morgan fingerprint density at radius 1 is 1.21 bits per heavy atom. The Labute approximate surface area is 169 Å². The van der Waals surface area contributed by atoms with Crippen molar-refractivity contribution in [2.24, 2.45) is 4.99 Å². The molecular weight excluding hydrogens is 409 g/mol. The average molecular weight is 437 g/mol. The van der Waals surface area contributed by atoms with Crippen LogP contribution in [0.15, 0.2) is 34.2 Å². The first kappa shape index (κ1) is 23.3. The number of hydrogen-bond donors (Lipinski definition) is 1. The molecule has 2 rings (SSSR count). The molecule has 1 atom stereocenters. The molecule has 0 radical (unpaired) electrons. The molecule has 0 bridgehead atoms. The molecule has 1 aliphatic rings. The van der Waals surface area contributed by atoms with Crippen LogP contribution in [0.1, 0.15) is 6.92 Å². The number of rotatable bonds is 6. The second-order valence-corrected chi connectivity index (χ2v) is 8.82. The minimum absolute atomic E-state index is 0.224. The van der Waals surface area contributed by atoms with Crippen LogP contribution >= 0.6 is 0 Å². The Morgan fingerprint density at radius 2 is 1.79 bits per heavy atom. The van der Waals surface area contributed by atoms with Gasteiger partial charge in [0.15, 0.2) is 15.8 Å². The number of benzene rings is 1. The highest BCUT2D eigenvalue weighted by atomic mass is 32.2. The van der Waals surface area contributed by atoms with Crippen LogP contribution in [0.3, 0.4) is 0 Å². The number of halogens is 3. The van der Waals surface area contributed by atoms with Crippen LogP contribution in [-0.4, -0.2) is 89.0 Å². The second-order valence-electron chi connectivity index (χ2n) is 6.81. The van der Waals surface area contributed by atoms with E-state index in [2.05, 4.69) is 10.3 Å². The van der Waals surface area contributed by atoms with Gasteiger partial charge in [-0.3, -0.25) is 9.89 Å². The molecular formula is C18H27F3N4O3S. The highest BCUT2D eigenvalue weighted by molar-refractivity contribution is 7.90. The Morgan fingerprint density at radius 3 is 2.28 bits per heavy atom. The zero-order chi connectivity index (χ0) is 21.7. The van der Waals surface area contributed by atoms with Crippen molar-refractivity contribution in [1.82, 2.24) is 15.1 Å². The zero-order valence-electron chi connectivity index (χ0n) is 16.7. The number of guanidine groups is 1. The third-order valence-corrected chi connectivity index (χ3v) is 5.88. The Kier molecular flexibility index (Phi) is 7.75. The van der Waals surface area contributed by atoms with Crippen LogP contribution in [0.4, 0.5) is 13.2 Å². The van der Waals surface area contributed by atoms with E-state index in [1.54, 1.807) is 19.2 Å². The third kappa shape index (κ3) is 6.77. The average Bonchev–Trinajstić information content (AvgIpc) is 2.67. The van der Waals surface area contributed by atoms with E-state index in [1.165, 1.54) is 24.0 Å². The quantitative estimate of drug-likeness (QED) is 0.415. The maximum absolute atomic E-state index is 12.8. The summed E-state index contributed by atoms with van der Waals surface area (Å²) in [6.45, 7) is 3.47. The molecule has 0 amide bonds. The van der Waals surface area contributed by atoms with Crippen molar-refractivity contribution in [3.63, 3.8) is 0 Å².